The molecule has 26 heavy (non-hydrogen) atoms. The predicted molar refractivity (Wildman–Crippen MR) is 101 cm³/mol. The molecule has 0 atom stereocenters. The average Bonchev–Trinajstić information content (AvgIpc) is 2.98. The van der Waals surface area contributed by atoms with Crippen molar-refractivity contribution in [2.75, 3.05) is 24.5 Å². The largest absolute Gasteiger partial charge is 0.371 e. The van der Waals surface area contributed by atoms with E-state index < -0.39 is 5.91 Å². The smallest absolute Gasteiger partial charge is 0.255 e. The summed E-state index contributed by atoms with van der Waals surface area (Å²) in [5.74, 6) is -0.615. The number of para-hydroxylation sites is 1. The van der Waals surface area contributed by atoms with Gasteiger partial charge in [0.25, 0.3) is 5.91 Å². The number of benzene rings is 2. The number of hydrogen-bond acceptors (Lipinski definition) is 3. The van der Waals surface area contributed by atoms with Crippen molar-refractivity contribution >= 4 is 17.5 Å². The van der Waals surface area contributed by atoms with E-state index in [0.29, 0.717) is 24.2 Å². The third kappa shape index (κ3) is 2.94. The highest BCUT2D eigenvalue weighted by molar-refractivity contribution is 6.09. The Morgan fingerprint density at radius 2 is 1.77 bits per heavy atom. The highest BCUT2D eigenvalue weighted by Crippen LogP contribution is 2.28. The molecule has 0 unspecified atom stereocenters. The summed E-state index contributed by atoms with van der Waals surface area (Å²) in [7, 11) is 0. The molecule has 5 nitrogen and oxygen atoms in total. The fraction of sp³-hybridized carbons (Fsp3) is 0.333. The second-order valence-corrected chi connectivity index (χ2v) is 7.00. The van der Waals surface area contributed by atoms with Crippen molar-refractivity contribution in [3.8, 4) is 0 Å². The number of aryl methyl sites for hydroxylation is 1. The van der Waals surface area contributed by atoms with Crippen LogP contribution in [0.4, 0.5) is 5.69 Å². The van der Waals surface area contributed by atoms with E-state index in [4.69, 9.17) is 5.73 Å². The summed E-state index contributed by atoms with van der Waals surface area (Å²) < 4.78 is 0. The van der Waals surface area contributed by atoms with Crippen molar-refractivity contribution in [1.29, 1.82) is 0 Å². The number of carbonyl (C=O) groups is 2. The fourth-order valence-electron chi connectivity index (χ4n) is 4.10. The van der Waals surface area contributed by atoms with Crippen LogP contribution in [-0.2, 0) is 13.0 Å². The van der Waals surface area contributed by atoms with E-state index in [1.165, 1.54) is 17.7 Å². The van der Waals surface area contributed by atoms with Gasteiger partial charge in [-0.3, -0.25) is 9.59 Å². The summed E-state index contributed by atoms with van der Waals surface area (Å²) >= 11 is 0. The molecule has 0 saturated heterocycles. The first-order valence-corrected chi connectivity index (χ1v) is 9.19. The lowest BCUT2D eigenvalue weighted by Crippen LogP contribution is -2.33. The van der Waals surface area contributed by atoms with Crippen molar-refractivity contribution in [2.24, 2.45) is 5.73 Å². The highest BCUT2D eigenvalue weighted by Gasteiger charge is 2.30. The summed E-state index contributed by atoms with van der Waals surface area (Å²) in [6, 6.07) is 13.9. The molecule has 2 N–H and O–H groups in total. The Balaban J connectivity index is 1.41. The summed E-state index contributed by atoms with van der Waals surface area (Å²) in [6.07, 6.45) is 3.22. The highest BCUT2D eigenvalue weighted by atomic mass is 16.2. The van der Waals surface area contributed by atoms with E-state index in [9.17, 15) is 9.59 Å². The Labute approximate surface area is 153 Å². The lowest BCUT2D eigenvalue weighted by molar-refractivity contribution is 0.0773. The molecule has 2 aliphatic rings. The van der Waals surface area contributed by atoms with Gasteiger partial charge >= 0.3 is 0 Å². The molecule has 0 aromatic heterocycles. The first-order valence-electron chi connectivity index (χ1n) is 9.19. The van der Waals surface area contributed by atoms with E-state index in [-0.39, 0.29) is 5.91 Å². The van der Waals surface area contributed by atoms with Crippen molar-refractivity contribution < 1.29 is 9.59 Å². The number of nitrogens with zero attached hydrogens (tertiary/aromatic N) is 2. The van der Waals surface area contributed by atoms with Gasteiger partial charge in [0.1, 0.15) is 0 Å². The molecule has 2 amide bonds. The topological polar surface area (TPSA) is 66.6 Å². The van der Waals surface area contributed by atoms with Gasteiger partial charge in [-0.2, -0.15) is 0 Å². The Kier molecular flexibility index (Phi) is 4.37. The van der Waals surface area contributed by atoms with E-state index >= 15 is 0 Å². The van der Waals surface area contributed by atoms with Crippen LogP contribution in [0.15, 0.2) is 42.5 Å². The van der Waals surface area contributed by atoms with Crippen LogP contribution in [0.1, 0.15) is 44.7 Å². The molecule has 0 fully saturated rings. The predicted octanol–water partition coefficient (Wildman–Crippen LogP) is 2.58. The van der Waals surface area contributed by atoms with Crippen LogP contribution in [0.2, 0.25) is 0 Å². The van der Waals surface area contributed by atoms with Gasteiger partial charge in [0.2, 0.25) is 5.91 Å². The van der Waals surface area contributed by atoms with Crippen molar-refractivity contribution in [3.63, 3.8) is 0 Å². The lowest BCUT2D eigenvalue weighted by atomic mass is 10.0. The molecule has 4 rings (SSSR count). The van der Waals surface area contributed by atoms with E-state index in [1.54, 1.807) is 12.1 Å². The molecule has 0 radical (unpaired) electrons. The monoisotopic (exact) mass is 349 g/mol. The average molecular weight is 349 g/mol. The fourth-order valence-corrected chi connectivity index (χ4v) is 4.10. The molecule has 0 spiro atoms. The Morgan fingerprint density at radius 1 is 1.00 bits per heavy atom. The van der Waals surface area contributed by atoms with Gasteiger partial charge in [0.05, 0.1) is 11.1 Å². The maximum atomic E-state index is 12.7. The number of nitrogens with two attached hydrogens (primary N) is 1. The Morgan fingerprint density at radius 3 is 2.62 bits per heavy atom. The molecule has 0 bridgehead atoms. The van der Waals surface area contributed by atoms with E-state index in [0.717, 1.165) is 31.5 Å². The molecule has 134 valence electrons. The SMILES string of the molecule is NC(=O)c1cccc2c1C(=O)N(CCCN1CCCc3ccccc31)C2. The first-order chi connectivity index (χ1) is 12.6. The van der Waals surface area contributed by atoms with Gasteiger partial charge < -0.3 is 15.5 Å². The van der Waals surface area contributed by atoms with E-state index in [1.807, 2.05) is 11.0 Å². The Hall–Kier alpha value is -2.82. The van der Waals surface area contributed by atoms with Crippen molar-refractivity contribution in [3.05, 3.63) is 64.7 Å². The molecular formula is C21H23N3O2. The minimum Gasteiger partial charge on any atom is -0.371 e. The van der Waals surface area contributed by atoms with E-state index in [2.05, 4.69) is 29.2 Å². The standard InChI is InChI=1S/C21H23N3O2/c22-20(25)17-9-3-7-16-14-24(21(26)19(16)17)13-5-12-23-11-4-8-15-6-1-2-10-18(15)23/h1-3,6-7,9-10H,4-5,8,11-14H2,(H2,22,25). The van der Waals surface area contributed by atoms with Gasteiger partial charge in [-0.05, 0) is 42.5 Å². The Bertz CT molecular complexity index is 862. The molecule has 5 heteroatoms. The van der Waals surface area contributed by atoms with Crippen molar-refractivity contribution in [1.82, 2.24) is 4.90 Å². The second-order valence-electron chi connectivity index (χ2n) is 7.00. The second kappa shape index (κ2) is 6.83. The van der Waals surface area contributed by atoms with Crippen LogP contribution in [-0.4, -0.2) is 36.3 Å². The van der Waals surface area contributed by atoms with Crippen LogP contribution < -0.4 is 10.6 Å². The van der Waals surface area contributed by atoms with Gasteiger partial charge in [-0.25, -0.2) is 0 Å². The van der Waals surface area contributed by atoms with Gasteiger partial charge in [-0.15, -0.1) is 0 Å². The summed E-state index contributed by atoms with van der Waals surface area (Å²) in [5.41, 5.74) is 9.88. The van der Waals surface area contributed by atoms with Crippen molar-refractivity contribution in [2.45, 2.75) is 25.8 Å². The number of fused-ring (bicyclic) bond motifs is 2. The molecule has 0 aliphatic carbocycles. The van der Waals surface area contributed by atoms with Crippen LogP contribution >= 0.6 is 0 Å². The first kappa shape index (κ1) is 16.6. The molecule has 2 aromatic rings. The molecular weight excluding hydrogens is 326 g/mol. The van der Waals surface area contributed by atoms with Gasteiger partial charge in [0, 0.05) is 31.9 Å². The number of anilines is 1. The quantitative estimate of drug-likeness (QED) is 0.902. The number of hydrogen-bond donors (Lipinski definition) is 1. The number of rotatable bonds is 5. The van der Waals surface area contributed by atoms with Gasteiger partial charge in [-0.1, -0.05) is 30.3 Å². The zero-order chi connectivity index (χ0) is 18.1. The maximum Gasteiger partial charge on any atom is 0.255 e. The van der Waals surface area contributed by atoms with Crippen LogP contribution in [0.25, 0.3) is 0 Å². The molecule has 2 heterocycles. The zero-order valence-corrected chi connectivity index (χ0v) is 14.8. The van der Waals surface area contributed by atoms with Crippen LogP contribution in [0.3, 0.4) is 0 Å². The van der Waals surface area contributed by atoms with Gasteiger partial charge in [0.15, 0.2) is 0 Å². The number of amides is 2. The zero-order valence-electron chi connectivity index (χ0n) is 14.8. The summed E-state index contributed by atoms with van der Waals surface area (Å²) in [5, 5.41) is 0. The summed E-state index contributed by atoms with van der Waals surface area (Å²) in [4.78, 5) is 28.5. The molecule has 2 aliphatic heterocycles. The third-order valence-electron chi connectivity index (χ3n) is 5.34. The molecule has 2 aromatic carbocycles. The number of primary amides is 1. The third-order valence-corrected chi connectivity index (χ3v) is 5.34. The normalized spacial score (nSPS) is 15.8. The summed E-state index contributed by atoms with van der Waals surface area (Å²) in [6.45, 7) is 3.24. The maximum absolute atomic E-state index is 12.7. The minimum absolute atomic E-state index is 0.0755. The minimum atomic E-state index is -0.540. The number of carbonyl (C=O) groups excluding carboxylic acids is 2. The molecule has 0 saturated carbocycles. The van der Waals surface area contributed by atoms with Crippen LogP contribution in [0, 0.1) is 0 Å². The lowest BCUT2D eigenvalue weighted by Gasteiger charge is -2.31. The van der Waals surface area contributed by atoms with Crippen LogP contribution in [0.5, 0.6) is 0 Å².